The highest BCUT2D eigenvalue weighted by Crippen LogP contribution is 2.47. The van der Waals surface area contributed by atoms with Gasteiger partial charge < -0.3 is 8.98 Å². The third-order valence-corrected chi connectivity index (χ3v) is 9.73. The van der Waals surface area contributed by atoms with E-state index in [0.717, 1.165) is 32.1 Å². The first-order valence-electron chi connectivity index (χ1n) is 13.3. The Bertz CT molecular complexity index is 2460. The zero-order valence-corrected chi connectivity index (χ0v) is 23.6. The maximum Gasteiger partial charge on any atom is 0.137 e. The van der Waals surface area contributed by atoms with Crippen molar-refractivity contribution in [2.75, 3.05) is 0 Å². The van der Waals surface area contributed by atoms with Gasteiger partial charge in [0.2, 0.25) is 0 Å². The number of benzene rings is 6. The molecule has 3 aromatic heterocycles. The van der Waals surface area contributed by atoms with Crippen LogP contribution in [-0.2, 0) is 0 Å². The van der Waals surface area contributed by atoms with Gasteiger partial charge in [0.15, 0.2) is 0 Å². The summed E-state index contributed by atoms with van der Waals surface area (Å²) in [5, 5.41) is 7.38. The quantitative estimate of drug-likeness (QED) is 0.195. The minimum atomic E-state index is 0.904. The smallest absolute Gasteiger partial charge is 0.137 e. The Morgan fingerprint density at radius 3 is 2.27 bits per heavy atom. The molecule has 0 aliphatic carbocycles. The van der Waals surface area contributed by atoms with Crippen LogP contribution in [0.15, 0.2) is 130 Å². The van der Waals surface area contributed by atoms with Crippen molar-refractivity contribution in [2.45, 2.75) is 0 Å². The van der Waals surface area contributed by atoms with E-state index in [9.17, 15) is 0 Å². The zero-order valence-electron chi connectivity index (χ0n) is 21.2. The summed E-state index contributed by atoms with van der Waals surface area (Å²) in [6.45, 7) is 0. The third-order valence-electron chi connectivity index (χ3n) is 8.04. The van der Waals surface area contributed by atoms with Crippen molar-refractivity contribution >= 4 is 91.2 Å². The van der Waals surface area contributed by atoms with Crippen LogP contribution in [0, 0.1) is 0 Å². The third kappa shape index (κ3) is 3.09. The Balaban J connectivity index is 1.48. The van der Waals surface area contributed by atoms with Crippen molar-refractivity contribution < 1.29 is 4.42 Å². The molecule has 2 nitrogen and oxygen atoms in total. The Morgan fingerprint density at radius 1 is 0.600 bits per heavy atom. The molecule has 4 heteroatoms. The SMILES string of the molecule is Brc1cccc(-c2cc3c4ccccc4n(-c4ccc5c(c4)oc4ccccc45)c3c3c2sc2ccccc23)c1. The monoisotopic (exact) mass is 593 g/mol. The average molecular weight is 595 g/mol. The molecule has 0 bridgehead atoms. The van der Waals surface area contributed by atoms with Gasteiger partial charge in [-0.05, 0) is 54.1 Å². The number of hydrogen-bond donors (Lipinski definition) is 0. The van der Waals surface area contributed by atoms with Gasteiger partial charge in [0.1, 0.15) is 11.2 Å². The fourth-order valence-corrected chi connectivity index (χ4v) is 7.97. The summed E-state index contributed by atoms with van der Waals surface area (Å²) in [7, 11) is 0. The van der Waals surface area contributed by atoms with Crippen molar-refractivity contribution in [3.05, 3.63) is 126 Å². The number of halogens is 1. The molecular weight excluding hydrogens is 574 g/mol. The van der Waals surface area contributed by atoms with E-state index in [0.29, 0.717) is 0 Å². The standard InChI is InChI=1S/C36H20BrNOS/c37-22-9-7-8-21(18-22)28-20-29-24-10-1-4-13-30(24)38(35(29)34-27-12-3-6-15-33(27)40-36(28)34)23-16-17-26-25-11-2-5-14-31(25)39-32(26)19-23/h1-20H. The molecule has 0 saturated carbocycles. The lowest BCUT2D eigenvalue weighted by Gasteiger charge is -2.11. The fourth-order valence-electron chi connectivity index (χ4n) is 6.33. The molecule has 3 heterocycles. The van der Waals surface area contributed by atoms with Gasteiger partial charge in [-0.1, -0.05) is 82.7 Å². The highest BCUT2D eigenvalue weighted by molar-refractivity contribution is 9.10. The maximum atomic E-state index is 6.33. The van der Waals surface area contributed by atoms with Crippen molar-refractivity contribution in [1.29, 1.82) is 0 Å². The molecule has 188 valence electrons. The highest BCUT2D eigenvalue weighted by atomic mass is 79.9. The van der Waals surface area contributed by atoms with Crippen LogP contribution < -0.4 is 0 Å². The molecule has 0 radical (unpaired) electrons. The summed E-state index contributed by atoms with van der Waals surface area (Å²) in [5.41, 5.74) is 7.83. The minimum absolute atomic E-state index is 0.904. The van der Waals surface area contributed by atoms with Gasteiger partial charge in [-0.3, -0.25) is 0 Å². The Kier molecular flexibility index (Phi) is 4.66. The van der Waals surface area contributed by atoms with E-state index in [2.05, 4.69) is 130 Å². The van der Waals surface area contributed by atoms with Crippen LogP contribution in [0.5, 0.6) is 0 Å². The van der Waals surface area contributed by atoms with Gasteiger partial charge in [0, 0.05) is 63.5 Å². The number of aromatic nitrogens is 1. The molecule has 0 aliphatic heterocycles. The second-order valence-corrected chi connectivity index (χ2v) is 12.2. The highest BCUT2D eigenvalue weighted by Gasteiger charge is 2.22. The lowest BCUT2D eigenvalue weighted by molar-refractivity contribution is 0.668. The molecule has 0 spiro atoms. The molecule has 9 aromatic rings. The minimum Gasteiger partial charge on any atom is -0.456 e. The van der Waals surface area contributed by atoms with Gasteiger partial charge in [0.25, 0.3) is 0 Å². The molecule has 0 aliphatic rings. The van der Waals surface area contributed by atoms with Crippen molar-refractivity contribution in [3.8, 4) is 16.8 Å². The van der Waals surface area contributed by atoms with Crippen LogP contribution in [-0.4, -0.2) is 4.57 Å². The van der Waals surface area contributed by atoms with Crippen LogP contribution in [0.3, 0.4) is 0 Å². The molecule has 0 unspecified atom stereocenters. The number of rotatable bonds is 2. The second-order valence-electron chi connectivity index (χ2n) is 10.3. The van der Waals surface area contributed by atoms with Gasteiger partial charge in [-0.2, -0.15) is 0 Å². The van der Waals surface area contributed by atoms with E-state index < -0.39 is 0 Å². The lowest BCUT2D eigenvalue weighted by Crippen LogP contribution is -1.94. The Hall–Kier alpha value is -4.38. The summed E-state index contributed by atoms with van der Waals surface area (Å²) in [4.78, 5) is 0. The summed E-state index contributed by atoms with van der Waals surface area (Å²) >= 11 is 5.58. The van der Waals surface area contributed by atoms with Crippen molar-refractivity contribution in [1.82, 2.24) is 4.57 Å². The summed E-state index contributed by atoms with van der Waals surface area (Å²) < 4.78 is 12.5. The Labute approximate surface area is 241 Å². The average Bonchev–Trinajstić information content (AvgIpc) is 3.65. The normalized spacial score (nSPS) is 12.1. The predicted octanol–water partition coefficient (Wildman–Crippen LogP) is 11.5. The molecule has 40 heavy (non-hydrogen) atoms. The van der Waals surface area contributed by atoms with Gasteiger partial charge in [-0.15, -0.1) is 11.3 Å². The van der Waals surface area contributed by atoms with Crippen LogP contribution in [0.4, 0.5) is 0 Å². The van der Waals surface area contributed by atoms with E-state index in [1.54, 1.807) is 0 Å². The van der Waals surface area contributed by atoms with Gasteiger partial charge >= 0.3 is 0 Å². The summed E-state index contributed by atoms with van der Waals surface area (Å²) in [6.07, 6.45) is 0. The van der Waals surface area contributed by atoms with Crippen LogP contribution in [0.1, 0.15) is 0 Å². The molecule has 0 N–H and O–H groups in total. The number of fused-ring (bicyclic) bond motifs is 10. The molecule has 0 amide bonds. The number of nitrogens with zero attached hydrogens (tertiary/aromatic N) is 1. The maximum absolute atomic E-state index is 6.33. The van der Waals surface area contributed by atoms with E-state index >= 15 is 0 Å². The van der Waals surface area contributed by atoms with E-state index in [-0.39, 0.29) is 0 Å². The van der Waals surface area contributed by atoms with E-state index in [4.69, 9.17) is 4.42 Å². The first-order valence-corrected chi connectivity index (χ1v) is 14.9. The van der Waals surface area contributed by atoms with E-state index in [1.807, 2.05) is 23.5 Å². The molecule has 0 saturated heterocycles. The number of furan rings is 1. The first-order chi connectivity index (χ1) is 19.7. The lowest BCUT2D eigenvalue weighted by atomic mass is 9.99. The zero-order chi connectivity index (χ0) is 26.4. The fraction of sp³-hybridized carbons (Fsp3) is 0. The summed E-state index contributed by atoms with van der Waals surface area (Å²) in [5.74, 6) is 0. The number of hydrogen-bond acceptors (Lipinski definition) is 2. The van der Waals surface area contributed by atoms with Crippen LogP contribution >= 0.6 is 27.3 Å². The van der Waals surface area contributed by atoms with Crippen LogP contribution in [0.2, 0.25) is 0 Å². The first kappa shape index (κ1) is 22.4. The summed E-state index contributed by atoms with van der Waals surface area (Å²) in [6, 6.07) is 43.5. The Morgan fingerprint density at radius 2 is 1.38 bits per heavy atom. The second kappa shape index (κ2) is 8.31. The van der Waals surface area contributed by atoms with Gasteiger partial charge in [-0.25, -0.2) is 0 Å². The predicted molar refractivity (Wildman–Crippen MR) is 174 cm³/mol. The molecule has 9 rings (SSSR count). The number of thiophene rings is 1. The molecule has 6 aromatic carbocycles. The molecular formula is C36H20BrNOS. The molecule has 0 atom stereocenters. The van der Waals surface area contributed by atoms with Crippen molar-refractivity contribution in [3.63, 3.8) is 0 Å². The number of para-hydroxylation sites is 2. The topological polar surface area (TPSA) is 18.1 Å². The molecule has 0 fully saturated rings. The van der Waals surface area contributed by atoms with Crippen molar-refractivity contribution in [2.24, 2.45) is 0 Å². The van der Waals surface area contributed by atoms with E-state index in [1.165, 1.54) is 53.1 Å². The largest absolute Gasteiger partial charge is 0.456 e. The van der Waals surface area contributed by atoms with Crippen LogP contribution in [0.25, 0.3) is 80.7 Å². The van der Waals surface area contributed by atoms with Gasteiger partial charge in [0.05, 0.1) is 11.0 Å².